The van der Waals surface area contributed by atoms with Crippen LogP contribution in [0.2, 0.25) is 0 Å². The lowest BCUT2D eigenvalue weighted by Gasteiger charge is -1.89. The summed E-state index contributed by atoms with van der Waals surface area (Å²) in [5.74, 6) is -0.379. The van der Waals surface area contributed by atoms with E-state index in [0.29, 0.717) is 5.56 Å². The highest BCUT2D eigenvalue weighted by atomic mass is 19.0. The van der Waals surface area contributed by atoms with Crippen LogP contribution in [0.15, 0.2) is 30.3 Å². The zero-order valence-corrected chi connectivity index (χ0v) is 6.91. The van der Waals surface area contributed by atoms with E-state index in [-0.39, 0.29) is 29.4 Å². The van der Waals surface area contributed by atoms with Crippen molar-refractivity contribution in [3.63, 3.8) is 0 Å². The molecule has 2 nitrogen and oxygen atoms in total. The fraction of sp³-hybridized carbons (Fsp3) is 0. The highest BCUT2D eigenvalue weighted by molar-refractivity contribution is 5.92. The molecule has 0 aliphatic carbocycles. The Labute approximate surface area is 76.9 Å². The van der Waals surface area contributed by atoms with Gasteiger partial charge in [0, 0.05) is 5.56 Å². The number of hydrogen-bond acceptors (Lipinski definition) is 1. The molecule has 0 heterocycles. The van der Waals surface area contributed by atoms with Crippen LogP contribution in [0.3, 0.4) is 0 Å². The number of nitrogens with two attached hydrogens (primary N) is 1. The Morgan fingerprint density at radius 2 is 1.21 bits per heavy atom. The van der Waals surface area contributed by atoms with Crippen LogP contribution in [-0.2, 0) is 0 Å². The fourth-order valence-corrected chi connectivity index (χ4v) is 0.602. The maximum Gasteiger partial charge on any atom is 0.248 e. The Morgan fingerprint density at radius 3 is 1.43 bits per heavy atom. The summed E-state index contributed by atoms with van der Waals surface area (Å²) in [6.07, 6.45) is 0. The lowest BCUT2D eigenvalue weighted by atomic mass is 10.2. The van der Waals surface area contributed by atoms with Crippen LogP contribution in [0, 0.1) is 0 Å². The second-order valence-corrected chi connectivity index (χ2v) is 1.73. The Hall–Kier alpha value is -1.66. The van der Waals surface area contributed by atoms with Crippen molar-refractivity contribution in [2.45, 2.75) is 0 Å². The van der Waals surface area contributed by atoms with E-state index in [0.717, 1.165) is 0 Å². The molecular weight excluding hydrogens is 209 g/mol. The van der Waals surface area contributed by atoms with E-state index in [4.69, 9.17) is 5.73 Å². The first-order valence-electron chi connectivity index (χ1n) is 2.65. The van der Waals surface area contributed by atoms with Crippen molar-refractivity contribution in [2.75, 3.05) is 0 Å². The summed E-state index contributed by atoms with van der Waals surface area (Å²) >= 11 is 0. The Morgan fingerprint density at radius 1 is 0.857 bits per heavy atom. The van der Waals surface area contributed by atoms with Gasteiger partial charge < -0.3 is 5.73 Å². The molecule has 0 atom stereocenters. The average molecular weight is 221 g/mol. The summed E-state index contributed by atoms with van der Waals surface area (Å²) in [7, 11) is 0. The van der Waals surface area contributed by atoms with Crippen LogP contribution in [0.1, 0.15) is 10.4 Å². The SMILES string of the molecule is F.F.F.F.F.NC(=O)c1ccccc1. The number of primary amides is 1. The van der Waals surface area contributed by atoms with Crippen molar-refractivity contribution in [2.24, 2.45) is 5.73 Å². The standard InChI is InChI=1S/C7H7NO.5FH/c8-7(9)6-4-2-1-3-5-6;;;;;/h1-5H,(H2,8,9);5*1H. The second-order valence-electron chi connectivity index (χ2n) is 1.73. The molecule has 0 aromatic heterocycles. The van der Waals surface area contributed by atoms with E-state index in [1.807, 2.05) is 6.07 Å². The molecule has 1 aromatic carbocycles. The minimum absolute atomic E-state index is 0. The maximum absolute atomic E-state index is 10.4. The van der Waals surface area contributed by atoms with Gasteiger partial charge in [-0.25, -0.2) is 0 Å². The molecular formula is C7H12F5NO. The number of halogens is 5. The smallest absolute Gasteiger partial charge is 0.248 e. The van der Waals surface area contributed by atoms with Crippen molar-refractivity contribution in [3.8, 4) is 0 Å². The number of carbonyl (C=O) groups is 1. The van der Waals surface area contributed by atoms with Gasteiger partial charge in [0.2, 0.25) is 5.91 Å². The van der Waals surface area contributed by atoms with E-state index in [9.17, 15) is 4.79 Å². The molecule has 2 N–H and O–H groups in total. The first kappa shape index (κ1) is 29.5. The maximum atomic E-state index is 10.4. The van der Waals surface area contributed by atoms with Crippen LogP contribution in [-0.4, -0.2) is 5.91 Å². The molecule has 0 unspecified atom stereocenters. The van der Waals surface area contributed by atoms with Gasteiger partial charge in [-0.15, -0.1) is 0 Å². The number of rotatable bonds is 1. The van der Waals surface area contributed by atoms with Crippen molar-refractivity contribution < 1.29 is 28.3 Å². The Balaban J connectivity index is -0.0000000540. The van der Waals surface area contributed by atoms with Gasteiger partial charge >= 0.3 is 0 Å². The van der Waals surface area contributed by atoms with Crippen molar-refractivity contribution >= 4 is 5.91 Å². The third-order valence-corrected chi connectivity index (χ3v) is 1.06. The van der Waals surface area contributed by atoms with E-state index in [1.165, 1.54) is 0 Å². The highest BCUT2D eigenvalue weighted by Crippen LogP contribution is 1.94. The quantitative estimate of drug-likeness (QED) is 0.718. The predicted molar refractivity (Wildman–Crippen MR) is 47.5 cm³/mol. The van der Waals surface area contributed by atoms with E-state index in [1.54, 1.807) is 24.3 Å². The molecule has 0 bridgehead atoms. The van der Waals surface area contributed by atoms with Gasteiger partial charge in [-0.1, -0.05) is 18.2 Å². The number of benzene rings is 1. The van der Waals surface area contributed by atoms with Crippen molar-refractivity contribution in [1.29, 1.82) is 0 Å². The summed E-state index contributed by atoms with van der Waals surface area (Å²) in [5, 5.41) is 0. The van der Waals surface area contributed by atoms with Crippen LogP contribution >= 0.6 is 0 Å². The normalized spacial score (nSPS) is 5.71. The topological polar surface area (TPSA) is 43.1 Å². The van der Waals surface area contributed by atoms with E-state index >= 15 is 0 Å². The third-order valence-electron chi connectivity index (χ3n) is 1.06. The number of amides is 1. The molecule has 0 aliphatic heterocycles. The molecule has 7 heteroatoms. The zero-order chi connectivity index (χ0) is 6.69. The van der Waals surface area contributed by atoms with Gasteiger partial charge in [-0.3, -0.25) is 28.3 Å². The molecule has 1 aromatic rings. The number of carbonyl (C=O) groups excluding carboxylic acids is 1. The number of hydrogen-bond donors (Lipinski definition) is 1. The van der Waals surface area contributed by atoms with Gasteiger partial charge in [-0.05, 0) is 12.1 Å². The lowest BCUT2D eigenvalue weighted by Crippen LogP contribution is -2.09. The summed E-state index contributed by atoms with van der Waals surface area (Å²) in [5.41, 5.74) is 5.53. The molecule has 0 radical (unpaired) electrons. The van der Waals surface area contributed by atoms with Crippen molar-refractivity contribution in [1.82, 2.24) is 0 Å². The zero-order valence-electron chi connectivity index (χ0n) is 6.91. The Kier molecular flexibility index (Phi) is 29.2. The molecule has 0 aliphatic rings. The van der Waals surface area contributed by atoms with Crippen LogP contribution in [0.5, 0.6) is 0 Å². The van der Waals surface area contributed by atoms with Gasteiger partial charge in [0.1, 0.15) is 0 Å². The van der Waals surface area contributed by atoms with Gasteiger partial charge in [0.15, 0.2) is 0 Å². The summed E-state index contributed by atoms with van der Waals surface area (Å²) in [6.45, 7) is 0. The lowest BCUT2D eigenvalue weighted by molar-refractivity contribution is 0.100. The van der Waals surface area contributed by atoms with Crippen molar-refractivity contribution in [3.05, 3.63) is 35.9 Å². The average Bonchev–Trinajstić information content (AvgIpc) is 1.90. The molecule has 0 saturated carbocycles. The van der Waals surface area contributed by atoms with E-state index < -0.39 is 0 Å². The fourth-order valence-electron chi connectivity index (χ4n) is 0.602. The summed E-state index contributed by atoms with van der Waals surface area (Å²) < 4.78 is 0. The van der Waals surface area contributed by atoms with Gasteiger partial charge in [0.05, 0.1) is 0 Å². The van der Waals surface area contributed by atoms with E-state index in [2.05, 4.69) is 0 Å². The van der Waals surface area contributed by atoms with Crippen LogP contribution < -0.4 is 5.73 Å². The van der Waals surface area contributed by atoms with Gasteiger partial charge in [-0.2, -0.15) is 0 Å². The molecule has 14 heavy (non-hydrogen) atoms. The highest BCUT2D eigenvalue weighted by Gasteiger charge is 1.93. The predicted octanol–water partition coefficient (Wildman–Crippen LogP) is 1.55. The second kappa shape index (κ2) is 13.9. The minimum atomic E-state index is -0.379. The molecule has 1 rings (SSSR count). The first-order chi connectivity index (χ1) is 4.30. The molecule has 1 amide bonds. The molecule has 0 saturated heterocycles. The summed E-state index contributed by atoms with van der Waals surface area (Å²) in [6, 6.07) is 8.76. The van der Waals surface area contributed by atoms with Crippen LogP contribution in [0.25, 0.3) is 0 Å². The monoisotopic (exact) mass is 221 g/mol. The largest absolute Gasteiger partial charge is 0.366 e. The molecule has 0 fully saturated rings. The summed E-state index contributed by atoms with van der Waals surface area (Å²) in [4.78, 5) is 10.4. The first-order valence-corrected chi connectivity index (χ1v) is 2.65. The van der Waals surface area contributed by atoms with Crippen LogP contribution in [0.4, 0.5) is 23.5 Å². The van der Waals surface area contributed by atoms with Gasteiger partial charge in [0.25, 0.3) is 0 Å². The Bertz CT molecular complexity index is 219. The molecule has 86 valence electrons. The molecule has 0 spiro atoms. The third kappa shape index (κ3) is 8.44. The minimum Gasteiger partial charge on any atom is -0.366 e.